The average molecular weight is 244 g/mol. The van der Waals surface area contributed by atoms with E-state index in [1.165, 1.54) is 0 Å². The molecule has 2 rings (SSSR count). The third-order valence-electron chi connectivity index (χ3n) is 3.13. The Labute approximate surface area is 108 Å². The predicted molar refractivity (Wildman–Crippen MR) is 73.4 cm³/mol. The molecule has 0 radical (unpaired) electrons. The van der Waals surface area contributed by atoms with E-state index < -0.39 is 0 Å². The molecule has 1 aromatic heterocycles. The molecule has 3 nitrogen and oxygen atoms in total. The van der Waals surface area contributed by atoms with Crippen molar-refractivity contribution in [3.8, 4) is 11.6 Å². The molecule has 3 heteroatoms. The minimum absolute atomic E-state index is 0.270. The summed E-state index contributed by atoms with van der Waals surface area (Å²) in [6, 6.07) is 8.00. The van der Waals surface area contributed by atoms with Crippen LogP contribution in [0.2, 0.25) is 0 Å². The molecule has 0 fully saturated rings. The van der Waals surface area contributed by atoms with E-state index in [1.54, 1.807) is 4.68 Å². The first-order chi connectivity index (χ1) is 8.54. The summed E-state index contributed by atoms with van der Waals surface area (Å²) >= 11 is 0. The van der Waals surface area contributed by atoms with Crippen LogP contribution in [0.3, 0.4) is 0 Å². The molecule has 0 saturated heterocycles. The normalized spacial score (nSPS) is 11.2. The Kier molecular flexibility index (Phi) is 3.41. The van der Waals surface area contributed by atoms with Gasteiger partial charge in [0, 0.05) is 5.56 Å². The lowest BCUT2D eigenvalue weighted by atomic mass is 10.0. The lowest BCUT2D eigenvalue weighted by Gasteiger charge is -2.04. The zero-order valence-corrected chi connectivity index (χ0v) is 11.4. The Morgan fingerprint density at radius 1 is 1.33 bits per heavy atom. The third kappa shape index (κ3) is 2.13. The van der Waals surface area contributed by atoms with Gasteiger partial charge in [0.1, 0.15) is 0 Å². The average Bonchev–Trinajstić information content (AvgIpc) is 2.66. The summed E-state index contributed by atoms with van der Waals surface area (Å²) in [5.41, 5.74) is 4.00. The second-order valence-corrected chi connectivity index (χ2v) is 4.95. The Balaban J connectivity index is 2.59. The number of aryl methyl sites for hydroxylation is 1. The van der Waals surface area contributed by atoms with Gasteiger partial charge in [0.25, 0.3) is 0 Å². The molecule has 1 aromatic carbocycles. The molecule has 0 bridgehead atoms. The number of aromatic hydroxyl groups is 1. The fourth-order valence-electron chi connectivity index (χ4n) is 2.20. The van der Waals surface area contributed by atoms with E-state index in [-0.39, 0.29) is 5.88 Å². The van der Waals surface area contributed by atoms with Gasteiger partial charge in [-0.3, -0.25) is 0 Å². The van der Waals surface area contributed by atoms with Crippen molar-refractivity contribution in [2.24, 2.45) is 0 Å². The summed E-state index contributed by atoms with van der Waals surface area (Å²) in [6.45, 7) is 8.28. The molecule has 0 aliphatic carbocycles. The van der Waals surface area contributed by atoms with Gasteiger partial charge in [0.15, 0.2) is 0 Å². The summed E-state index contributed by atoms with van der Waals surface area (Å²) in [6.07, 6.45) is 0.797. The molecule has 0 atom stereocenters. The van der Waals surface area contributed by atoms with E-state index >= 15 is 0 Å². The monoisotopic (exact) mass is 244 g/mol. The van der Waals surface area contributed by atoms with Crippen LogP contribution < -0.4 is 0 Å². The highest BCUT2D eigenvalue weighted by atomic mass is 16.3. The van der Waals surface area contributed by atoms with E-state index in [2.05, 4.69) is 18.9 Å². The second-order valence-electron chi connectivity index (χ2n) is 4.95. The van der Waals surface area contributed by atoms with Crippen LogP contribution in [-0.4, -0.2) is 14.9 Å². The lowest BCUT2D eigenvalue weighted by Crippen LogP contribution is -1.98. The SMILES string of the molecule is CCc1c(C(C)C)nn(-c2cccc(C)c2)c1O. The largest absolute Gasteiger partial charge is 0.493 e. The molecule has 2 aromatic rings. The van der Waals surface area contributed by atoms with E-state index in [9.17, 15) is 5.11 Å². The fourth-order valence-corrected chi connectivity index (χ4v) is 2.20. The number of hydrogen-bond donors (Lipinski definition) is 1. The molecule has 0 saturated carbocycles. The molecule has 0 spiro atoms. The van der Waals surface area contributed by atoms with Crippen LogP contribution in [0.1, 0.15) is 43.5 Å². The Morgan fingerprint density at radius 2 is 2.06 bits per heavy atom. The highest BCUT2D eigenvalue weighted by Crippen LogP contribution is 2.29. The lowest BCUT2D eigenvalue weighted by molar-refractivity contribution is 0.428. The molecule has 0 unspecified atom stereocenters. The van der Waals surface area contributed by atoms with Gasteiger partial charge in [-0.1, -0.05) is 32.9 Å². The van der Waals surface area contributed by atoms with Crippen molar-refractivity contribution in [3.63, 3.8) is 0 Å². The molecule has 18 heavy (non-hydrogen) atoms. The summed E-state index contributed by atoms with van der Waals surface area (Å²) in [5.74, 6) is 0.587. The first-order valence-corrected chi connectivity index (χ1v) is 6.42. The van der Waals surface area contributed by atoms with Gasteiger partial charge in [-0.25, -0.2) is 4.68 Å². The van der Waals surface area contributed by atoms with E-state index in [1.807, 2.05) is 38.1 Å². The molecule has 96 valence electrons. The zero-order chi connectivity index (χ0) is 13.3. The van der Waals surface area contributed by atoms with Gasteiger partial charge in [-0.2, -0.15) is 5.10 Å². The maximum absolute atomic E-state index is 10.3. The minimum Gasteiger partial charge on any atom is -0.493 e. The summed E-state index contributed by atoms with van der Waals surface area (Å²) < 4.78 is 1.64. The number of rotatable bonds is 3. The van der Waals surface area contributed by atoms with E-state index in [0.717, 1.165) is 28.9 Å². The number of benzene rings is 1. The number of hydrogen-bond acceptors (Lipinski definition) is 2. The summed E-state index contributed by atoms with van der Waals surface area (Å²) in [7, 11) is 0. The first-order valence-electron chi connectivity index (χ1n) is 6.42. The molecule has 0 aliphatic heterocycles. The van der Waals surface area contributed by atoms with Gasteiger partial charge < -0.3 is 5.11 Å². The molecular formula is C15H20N2O. The van der Waals surface area contributed by atoms with Crippen LogP contribution in [0.25, 0.3) is 5.69 Å². The maximum Gasteiger partial charge on any atom is 0.217 e. The maximum atomic E-state index is 10.3. The predicted octanol–water partition coefficient (Wildman–Crippen LogP) is 3.57. The van der Waals surface area contributed by atoms with Crippen molar-refractivity contribution in [1.82, 2.24) is 9.78 Å². The fraction of sp³-hybridized carbons (Fsp3) is 0.400. The van der Waals surface area contributed by atoms with Gasteiger partial charge >= 0.3 is 0 Å². The Morgan fingerprint density at radius 3 is 2.56 bits per heavy atom. The second kappa shape index (κ2) is 4.84. The summed E-state index contributed by atoms with van der Waals surface area (Å²) in [5, 5.41) is 14.9. The van der Waals surface area contributed by atoms with Crippen LogP contribution in [0.5, 0.6) is 5.88 Å². The molecule has 1 heterocycles. The van der Waals surface area contributed by atoms with Gasteiger partial charge in [-0.15, -0.1) is 0 Å². The minimum atomic E-state index is 0.270. The Bertz CT molecular complexity index is 556. The molecule has 0 amide bonds. The quantitative estimate of drug-likeness (QED) is 0.896. The highest BCUT2D eigenvalue weighted by Gasteiger charge is 2.18. The van der Waals surface area contributed by atoms with Crippen molar-refractivity contribution in [3.05, 3.63) is 41.1 Å². The van der Waals surface area contributed by atoms with Crippen molar-refractivity contribution in [2.45, 2.75) is 40.0 Å². The van der Waals surface area contributed by atoms with Crippen molar-refractivity contribution in [2.75, 3.05) is 0 Å². The smallest absolute Gasteiger partial charge is 0.217 e. The van der Waals surface area contributed by atoms with Gasteiger partial charge in [-0.05, 0) is 37.0 Å². The van der Waals surface area contributed by atoms with Gasteiger partial charge in [0.05, 0.1) is 11.4 Å². The van der Waals surface area contributed by atoms with Crippen molar-refractivity contribution in [1.29, 1.82) is 0 Å². The third-order valence-corrected chi connectivity index (χ3v) is 3.13. The topological polar surface area (TPSA) is 38.0 Å². The van der Waals surface area contributed by atoms with Crippen LogP contribution in [0.15, 0.2) is 24.3 Å². The number of nitrogens with zero attached hydrogens (tertiary/aromatic N) is 2. The molecule has 0 aliphatic rings. The van der Waals surface area contributed by atoms with Crippen LogP contribution in [0, 0.1) is 6.92 Å². The van der Waals surface area contributed by atoms with Crippen LogP contribution >= 0.6 is 0 Å². The number of aromatic nitrogens is 2. The van der Waals surface area contributed by atoms with Gasteiger partial charge in [0.2, 0.25) is 5.88 Å². The van der Waals surface area contributed by atoms with Crippen LogP contribution in [0.4, 0.5) is 0 Å². The molecule has 1 N–H and O–H groups in total. The standard InChI is InChI=1S/C15H20N2O/c1-5-13-14(10(2)3)16-17(15(13)18)12-8-6-7-11(4)9-12/h6-10,18H,5H2,1-4H3. The Hall–Kier alpha value is -1.77. The van der Waals surface area contributed by atoms with E-state index in [0.29, 0.717) is 5.92 Å². The summed E-state index contributed by atoms with van der Waals surface area (Å²) in [4.78, 5) is 0. The molecular weight excluding hydrogens is 224 g/mol. The van der Waals surface area contributed by atoms with Crippen molar-refractivity contribution >= 4 is 0 Å². The van der Waals surface area contributed by atoms with E-state index in [4.69, 9.17) is 0 Å². The van der Waals surface area contributed by atoms with Crippen molar-refractivity contribution < 1.29 is 5.11 Å². The zero-order valence-electron chi connectivity index (χ0n) is 11.4. The van der Waals surface area contributed by atoms with Crippen LogP contribution in [-0.2, 0) is 6.42 Å². The highest BCUT2D eigenvalue weighted by molar-refractivity contribution is 5.43. The first kappa shape index (κ1) is 12.7.